The Kier molecular flexibility index (Phi) is 11.8. The fourth-order valence-electron chi connectivity index (χ4n) is 2.16. The summed E-state index contributed by atoms with van der Waals surface area (Å²) in [5.41, 5.74) is 0. The largest absolute Gasteiger partial charge is 0.479 e. The topological polar surface area (TPSA) is 104 Å². The first-order valence-corrected chi connectivity index (χ1v) is 8.19. The number of carbonyl (C=O) groups excluding carboxylic acids is 1. The Morgan fingerprint density at radius 1 is 0.909 bits per heavy atom. The number of carboxylic acids is 1. The molecule has 0 radical (unpaired) electrons. The Morgan fingerprint density at radius 3 is 1.91 bits per heavy atom. The fraction of sp³-hybridized carbons (Fsp3) is 0.875. The Balaban J connectivity index is 3.70. The molecule has 0 rings (SSSR count). The van der Waals surface area contributed by atoms with Gasteiger partial charge in [0.1, 0.15) is 0 Å². The predicted octanol–water partition coefficient (Wildman–Crippen LogP) is 2.26. The molecule has 0 aromatic carbocycles. The number of carboxylic acid groups (broad SMARTS) is 1. The van der Waals surface area contributed by atoms with E-state index in [2.05, 4.69) is 6.92 Å². The summed E-state index contributed by atoms with van der Waals surface area (Å²) in [6.07, 6.45) is 5.51. The van der Waals surface area contributed by atoms with E-state index in [0.717, 1.165) is 19.3 Å². The van der Waals surface area contributed by atoms with Gasteiger partial charge >= 0.3 is 11.9 Å². The highest BCUT2D eigenvalue weighted by atomic mass is 16.6. The van der Waals surface area contributed by atoms with Gasteiger partial charge in [0, 0.05) is 0 Å². The second-order valence-corrected chi connectivity index (χ2v) is 5.74. The molecule has 0 bridgehead atoms. The molecule has 0 heterocycles. The third kappa shape index (κ3) is 9.73. The number of rotatable bonds is 13. The minimum atomic E-state index is -2.15. The maximum Gasteiger partial charge on any atom is 0.338 e. The lowest BCUT2D eigenvalue weighted by molar-refractivity contribution is -0.173. The molecule has 0 saturated heterocycles. The van der Waals surface area contributed by atoms with E-state index in [4.69, 9.17) is 14.9 Å². The summed E-state index contributed by atoms with van der Waals surface area (Å²) in [6.45, 7) is 3.88. The lowest BCUT2D eigenvalue weighted by atomic mass is 10.1. The van der Waals surface area contributed by atoms with Crippen molar-refractivity contribution in [2.24, 2.45) is 0 Å². The number of hydrogen-bond donors (Lipinski definition) is 3. The van der Waals surface area contributed by atoms with Crippen LogP contribution < -0.4 is 0 Å². The molecule has 130 valence electrons. The van der Waals surface area contributed by atoms with Gasteiger partial charge in [-0.1, -0.05) is 51.9 Å². The van der Waals surface area contributed by atoms with Crippen LogP contribution in [0.5, 0.6) is 0 Å². The lowest BCUT2D eigenvalue weighted by Crippen LogP contribution is -2.41. The highest BCUT2D eigenvalue weighted by Gasteiger charge is 2.32. The summed E-state index contributed by atoms with van der Waals surface area (Å²) in [4.78, 5) is 21.9. The second-order valence-electron chi connectivity index (χ2n) is 5.74. The van der Waals surface area contributed by atoms with Crippen LogP contribution in [0, 0.1) is 0 Å². The Labute approximate surface area is 132 Å². The van der Waals surface area contributed by atoms with Crippen LogP contribution in [0.15, 0.2) is 0 Å². The molecule has 0 aromatic rings. The Hall–Kier alpha value is -1.14. The SMILES string of the molecule is CCCCCCCCCCC(C)OC(=O)C(O)C(O)C(=O)O. The molecule has 6 nitrogen and oxygen atoms in total. The number of hydrogen-bond acceptors (Lipinski definition) is 5. The first-order chi connectivity index (χ1) is 10.4. The van der Waals surface area contributed by atoms with Crippen molar-refractivity contribution in [3.05, 3.63) is 0 Å². The molecule has 0 aliphatic heterocycles. The monoisotopic (exact) mass is 318 g/mol. The quantitative estimate of drug-likeness (QED) is 0.355. The van der Waals surface area contributed by atoms with Crippen LogP contribution in [0.4, 0.5) is 0 Å². The van der Waals surface area contributed by atoms with Gasteiger partial charge in [-0.15, -0.1) is 0 Å². The summed E-state index contributed by atoms with van der Waals surface area (Å²) in [6, 6.07) is 0. The van der Waals surface area contributed by atoms with Crippen molar-refractivity contribution >= 4 is 11.9 Å². The summed E-state index contributed by atoms with van der Waals surface area (Å²) in [5, 5.41) is 26.9. The molecule has 0 spiro atoms. The van der Waals surface area contributed by atoms with Crippen LogP contribution in [0.25, 0.3) is 0 Å². The van der Waals surface area contributed by atoms with E-state index in [-0.39, 0.29) is 0 Å². The zero-order valence-electron chi connectivity index (χ0n) is 13.7. The molecule has 0 saturated carbocycles. The minimum Gasteiger partial charge on any atom is -0.479 e. The smallest absolute Gasteiger partial charge is 0.338 e. The van der Waals surface area contributed by atoms with Gasteiger partial charge in [0.2, 0.25) is 0 Å². The van der Waals surface area contributed by atoms with Crippen LogP contribution in [0.3, 0.4) is 0 Å². The lowest BCUT2D eigenvalue weighted by Gasteiger charge is -2.17. The van der Waals surface area contributed by atoms with E-state index < -0.39 is 30.3 Å². The van der Waals surface area contributed by atoms with Crippen molar-refractivity contribution in [2.75, 3.05) is 0 Å². The van der Waals surface area contributed by atoms with E-state index in [9.17, 15) is 14.7 Å². The average Bonchev–Trinajstić information content (AvgIpc) is 2.48. The second kappa shape index (κ2) is 12.4. The fourth-order valence-corrected chi connectivity index (χ4v) is 2.16. The molecule has 0 aromatic heterocycles. The molecule has 6 heteroatoms. The van der Waals surface area contributed by atoms with Gasteiger partial charge < -0.3 is 20.1 Å². The summed E-state index contributed by atoms with van der Waals surface area (Å²) in [7, 11) is 0. The Bertz CT molecular complexity index is 318. The van der Waals surface area contributed by atoms with Crippen LogP contribution >= 0.6 is 0 Å². The molecule has 3 atom stereocenters. The molecule has 22 heavy (non-hydrogen) atoms. The van der Waals surface area contributed by atoms with E-state index in [1.165, 1.54) is 32.1 Å². The van der Waals surface area contributed by atoms with Crippen molar-refractivity contribution in [3.8, 4) is 0 Å². The summed E-state index contributed by atoms with van der Waals surface area (Å²) < 4.78 is 4.93. The van der Waals surface area contributed by atoms with Crippen LogP contribution in [0.2, 0.25) is 0 Å². The zero-order chi connectivity index (χ0) is 17.0. The maximum atomic E-state index is 11.4. The first-order valence-electron chi connectivity index (χ1n) is 8.19. The van der Waals surface area contributed by atoms with Gasteiger partial charge in [-0.3, -0.25) is 0 Å². The highest BCUT2D eigenvalue weighted by Crippen LogP contribution is 2.12. The number of esters is 1. The molecule has 3 N–H and O–H groups in total. The van der Waals surface area contributed by atoms with Gasteiger partial charge in [0.15, 0.2) is 12.2 Å². The highest BCUT2D eigenvalue weighted by molar-refractivity contribution is 5.84. The van der Waals surface area contributed by atoms with Gasteiger partial charge in [0.05, 0.1) is 6.10 Å². The first kappa shape index (κ1) is 20.9. The van der Waals surface area contributed by atoms with Gasteiger partial charge in [-0.05, 0) is 19.8 Å². The normalized spacial score (nSPS) is 15.1. The number of aliphatic hydroxyl groups is 2. The van der Waals surface area contributed by atoms with Crippen LogP contribution in [-0.4, -0.2) is 45.6 Å². The standard InChI is InChI=1S/C16H30O6/c1-3-4-5-6-7-8-9-10-11-12(2)22-16(21)14(18)13(17)15(19)20/h12-14,17-18H,3-11H2,1-2H3,(H,19,20). The summed E-state index contributed by atoms with van der Waals surface area (Å²) >= 11 is 0. The van der Waals surface area contributed by atoms with Crippen molar-refractivity contribution in [2.45, 2.75) is 89.9 Å². The molecule has 0 aliphatic carbocycles. The van der Waals surface area contributed by atoms with E-state index in [0.29, 0.717) is 6.42 Å². The van der Waals surface area contributed by atoms with Crippen molar-refractivity contribution < 1.29 is 29.6 Å². The minimum absolute atomic E-state index is 0.400. The molecule has 0 fully saturated rings. The number of aliphatic carboxylic acids is 1. The van der Waals surface area contributed by atoms with Crippen LogP contribution in [0.1, 0.15) is 71.6 Å². The van der Waals surface area contributed by atoms with Gasteiger partial charge in [-0.2, -0.15) is 0 Å². The number of aliphatic hydroxyl groups excluding tert-OH is 2. The maximum absolute atomic E-state index is 11.4. The van der Waals surface area contributed by atoms with E-state index in [1.807, 2.05) is 0 Å². The molecule has 3 unspecified atom stereocenters. The number of unbranched alkanes of at least 4 members (excludes halogenated alkanes) is 7. The number of ether oxygens (including phenoxy) is 1. The van der Waals surface area contributed by atoms with Gasteiger partial charge in [-0.25, -0.2) is 9.59 Å². The third-order valence-corrected chi connectivity index (χ3v) is 3.58. The van der Waals surface area contributed by atoms with Crippen molar-refractivity contribution in [1.82, 2.24) is 0 Å². The zero-order valence-corrected chi connectivity index (χ0v) is 13.7. The number of carbonyl (C=O) groups is 2. The molecular formula is C16H30O6. The van der Waals surface area contributed by atoms with E-state index >= 15 is 0 Å². The average molecular weight is 318 g/mol. The third-order valence-electron chi connectivity index (χ3n) is 3.58. The van der Waals surface area contributed by atoms with Crippen LogP contribution in [-0.2, 0) is 14.3 Å². The Morgan fingerprint density at radius 2 is 1.41 bits per heavy atom. The van der Waals surface area contributed by atoms with Gasteiger partial charge in [0.25, 0.3) is 0 Å². The molecule has 0 aliphatic rings. The van der Waals surface area contributed by atoms with E-state index in [1.54, 1.807) is 6.92 Å². The molecule has 0 amide bonds. The molecular weight excluding hydrogens is 288 g/mol. The van der Waals surface area contributed by atoms with Crippen molar-refractivity contribution in [1.29, 1.82) is 0 Å². The predicted molar refractivity (Wildman–Crippen MR) is 82.4 cm³/mol. The summed E-state index contributed by atoms with van der Waals surface area (Å²) in [5.74, 6) is -2.75. The van der Waals surface area contributed by atoms with Crippen molar-refractivity contribution in [3.63, 3.8) is 0 Å².